The number of nitrogens with one attached hydrogen (secondary N) is 2. The molecule has 0 bridgehead atoms. The number of rotatable bonds is 4. The summed E-state index contributed by atoms with van der Waals surface area (Å²) in [5, 5.41) is 5.18. The van der Waals surface area contributed by atoms with Crippen molar-refractivity contribution in [3.8, 4) is 0 Å². The van der Waals surface area contributed by atoms with Crippen molar-refractivity contribution in [1.29, 1.82) is 0 Å². The molecule has 0 unspecified atom stereocenters. The minimum atomic E-state index is -2.57. The molecule has 1 aliphatic heterocycles. The highest BCUT2D eigenvalue weighted by Crippen LogP contribution is 2.43. The molecule has 0 spiro atoms. The van der Waals surface area contributed by atoms with Gasteiger partial charge in [0.25, 0.3) is 6.43 Å². The molecule has 1 fully saturated rings. The first kappa shape index (κ1) is 14.6. The maximum absolute atomic E-state index is 14.1. The first-order valence-corrected chi connectivity index (χ1v) is 7.37. The molecule has 4 nitrogen and oxygen atoms in total. The van der Waals surface area contributed by atoms with Gasteiger partial charge in [0.1, 0.15) is 11.4 Å². The lowest BCUT2D eigenvalue weighted by molar-refractivity contribution is 0.163. The van der Waals surface area contributed by atoms with E-state index in [9.17, 15) is 13.2 Å². The third-order valence-electron chi connectivity index (χ3n) is 3.98. The second-order valence-electron chi connectivity index (χ2n) is 5.31. The molecule has 2 heterocycles. The van der Waals surface area contributed by atoms with Gasteiger partial charge in [-0.15, -0.1) is 0 Å². The van der Waals surface area contributed by atoms with Crippen molar-refractivity contribution < 1.29 is 13.2 Å². The Kier molecular flexibility index (Phi) is 4.01. The van der Waals surface area contributed by atoms with E-state index in [0.717, 1.165) is 25.7 Å². The Hall–Kier alpha value is -1.37. The van der Waals surface area contributed by atoms with E-state index in [-0.39, 0.29) is 10.8 Å². The Morgan fingerprint density at radius 2 is 2.10 bits per heavy atom. The van der Waals surface area contributed by atoms with E-state index in [0.29, 0.717) is 24.2 Å². The fourth-order valence-corrected chi connectivity index (χ4v) is 3.17. The summed E-state index contributed by atoms with van der Waals surface area (Å²) in [6.45, 7) is -0.134. The molecule has 0 atom stereocenters. The predicted molar refractivity (Wildman–Crippen MR) is 76.9 cm³/mol. The van der Waals surface area contributed by atoms with Gasteiger partial charge in [-0.1, -0.05) is 24.4 Å². The number of fused-ring (bicyclic) bond motifs is 1. The molecule has 21 heavy (non-hydrogen) atoms. The van der Waals surface area contributed by atoms with Crippen LogP contribution in [0.1, 0.15) is 25.7 Å². The molecular formula is C13H16ClF3N4. The van der Waals surface area contributed by atoms with Gasteiger partial charge in [0, 0.05) is 6.04 Å². The molecule has 2 N–H and O–H groups in total. The van der Waals surface area contributed by atoms with E-state index < -0.39 is 18.8 Å². The summed E-state index contributed by atoms with van der Waals surface area (Å²) in [7, 11) is 0. The van der Waals surface area contributed by atoms with E-state index in [1.165, 1.54) is 0 Å². The number of hydrogen-bond donors (Lipinski definition) is 2. The van der Waals surface area contributed by atoms with Gasteiger partial charge < -0.3 is 15.5 Å². The standard InChI is InChI=1S/C13H16ClF3N4/c14-12-9(17)10(18-5-8(15)16)11-13(20-12)21(6-19-11)7-3-1-2-4-7/h7-8,19H,1-6H2,(H,18,20). The number of nitrogens with zero attached hydrogens (tertiary/aromatic N) is 2. The normalized spacial score (nSPS) is 18.2. The second kappa shape index (κ2) is 5.79. The molecule has 1 aliphatic carbocycles. The molecule has 8 heteroatoms. The lowest BCUT2D eigenvalue weighted by atomic mass is 10.2. The molecule has 1 aromatic rings. The largest absolute Gasteiger partial charge is 0.375 e. The third kappa shape index (κ3) is 2.71. The van der Waals surface area contributed by atoms with Crippen LogP contribution in [0.5, 0.6) is 0 Å². The van der Waals surface area contributed by atoms with Crippen LogP contribution in [0, 0.1) is 5.82 Å². The van der Waals surface area contributed by atoms with E-state index in [4.69, 9.17) is 11.6 Å². The summed E-state index contributed by atoms with van der Waals surface area (Å²) < 4.78 is 38.8. The third-order valence-corrected chi connectivity index (χ3v) is 4.23. The van der Waals surface area contributed by atoms with Crippen LogP contribution in [0.3, 0.4) is 0 Å². The van der Waals surface area contributed by atoms with Crippen LogP contribution in [-0.4, -0.2) is 30.7 Å². The van der Waals surface area contributed by atoms with Gasteiger partial charge in [0.15, 0.2) is 16.8 Å². The van der Waals surface area contributed by atoms with E-state index >= 15 is 0 Å². The number of alkyl halides is 2. The van der Waals surface area contributed by atoms with Gasteiger partial charge >= 0.3 is 0 Å². The zero-order chi connectivity index (χ0) is 15.0. The summed E-state index contributed by atoms with van der Waals surface area (Å²) in [5.74, 6) is -0.248. The van der Waals surface area contributed by atoms with Crippen LogP contribution in [0.4, 0.5) is 30.4 Å². The molecule has 1 saturated carbocycles. The van der Waals surface area contributed by atoms with Crippen molar-refractivity contribution >= 4 is 28.8 Å². The zero-order valence-corrected chi connectivity index (χ0v) is 12.1. The summed E-state index contributed by atoms with van der Waals surface area (Å²) in [6.07, 6.45) is 1.85. The Bertz CT molecular complexity index is 535. The smallest absolute Gasteiger partial charge is 0.255 e. The first-order chi connectivity index (χ1) is 10.1. The molecule has 0 aromatic carbocycles. The number of hydrogen-bond acceptors (Lipinski definition) is 4. The Balaban J connectivity index is 1.93. The van der Waals surface area contributed by atoms with Gasteiger partial charge in [0.05, 0.1) is 13.2 Å². The second-order valence-corrected chi connectivity index (χ2v) is 5.66. The van der Waals surface area contributed by atoms with Crippen LogP contribution >= 0.6 is 11.6 Å². The minimum absolute atomic E-state index is 0.0224. The topological polar surface area (TPSA) is 40.2 Å². The van der Waals surface area contributed by atoms with E-state index in [1.54, 1.807) is 0 Å². The van der Waals surface area contributed by atoms with Crippen LogP contribution in [0.25, 0.3) is 0 Å². The summed E-state index contributed by atoms with van der Waals surface area (Å²) in [6, 6.07) is 0.343. The SMILES string of the molecule is Fc1c(Cl)nc2c(c1NCC(F)F)NCN2C1CCCC1. The molecule has 0 radical (unpaired) electrons. The van der Waals surface area contributed by atoms with Gasteiger partial charge in [-0.2, -0.15) is 0 Å². The Morgan fingerprint density at radius 3 is 2.76 bits per heavy atom. The predicted octanol–water partition coefficient (Wildman–Crippen LogP) is 3.68. The van der Waals surface area contributed by atoms with Crippen LogP contribution in [0.15, 0.2) is 0 Å². The molecular weight excluding hydrogens is 305 g/mol. The molecule has 1 aromatic heterocycles. The summed E-state index contributed by atoms with van der Waals surface area (Å²) in [4.78, 5) is 6.14. The van der Waals surface area contributed by atoms with Crippen molar-refractivity contribution in [2.75, 3.05) is 28.7 Å². The lowest BCUT2D eigenvalue weighted by Crippen LogP contribution is -2.33. The maximum Gasteiger partial charge on any atom is 0.255 e. The Labute approximate surface area is 125 Å². The van der Waals surface area contributed by atoms with Crippen molar-refractivity contribution in [1.82, 2.24) is 4.98 Å². The highest BCUT2D eigenvalue weighted by Gasteiger charge is 2.33. The highest BCUT2D eigenvalue weighted by molar-refractivity contribution is 6.30. The molecule has 2 aliphatic rings. The monoisotopic (exact) mass is 320 g/mol. The van der Waals surface area contributed by atoms with Crippen molar-refractivity contribution in [2.24, 2.45) is 0 Å². The first-order valence-electron chi connectivity index (χ1n) is 6.99. The minimum Gasteiger partial charge on any atom is -0.375 e. The maximum atomic E-state index is 14.1. The van der Waals surface area contributed by atoms with Gasteiger partial charge in [-0.3, -0.25) is 0 Å². The quantitative estimate of drug-likeness (QED) is 0.830. The number of anilines is 3. The van der Waals surface area contributed by atoms with Crippen LogP contribution in [0.2, 0.25) is 5.15 Å². The fraction of sp³-hybridized carbons (Fsp3) is 0.615. The average molecular weight is 321 g/mol. The molecule has 0 saturated heterocycles. The average Bonchev–Trinajstić information content (AvgIpc) is 3.07. The number of halogens is 4. The molecule has 116 valence electrons. The van der Waals surface area contributed by atoms with E-state index in [2.05, 4.69) is 15.6 Å². The lowest BCUT2D eigenvalue weighted by Gasteiger charge is -2.24. The molecule has 3 rings (SSSR count). The van der Waals surface area contributed by atoms with Crippen molar-refractivity contribution in [2.45, 2.75) is 38.2 Å². The Morgan fingerprint density at radius 1 is 1.38 bits per heavy atom. The van der Waals surface area contributed by atoms with Gasteiger partial charge in [-0.05, 0) is 12.8 Å². The molecule has 0 amide bonds. The van der Waals surface area contributed by atoms with Crippen LogP contribution in [-0.2, 0) is 0 Å². The van der Waals surface area contributed by atoms with E-state index in [1.807, 2.05) is 4.90 Å². The summed E-state index contributed by atoms with van der Waals surface area (Å²) >= 11 is 5.82. The van der Waals surface area contributed by atoms with Crippen LogP contribution < -0.4 is 15.5 Å². The van der Waals surface area contributed by atoms with Crippen molar-refractivity contribution in [3.63, 3.8) is 0 Å². The summed E-state index contributed by atoms with van der Waals surface area (Å²) in [5.41, 5.74) is 0.398. The number of pyridine rings is 1. The number of aromatic nitrogens is 1. The fourth-order valence-electron chi connectivity index (χ4n) is 3.00. The van der Waals surface area contributed by atoms with Crippen molar-refractivity contribution in [3.05, 3.63) is 11.0 Å². The van der Waals surface area contributed by atoms with Gasteiger partial charge in [0.2, 0.25) is 0 Å². The van der Waals surface area contributed by atoms with Gasteiger partial charge in [-0.25, -0.2) is 18.2 Å². The highest BCUT2D eigenvalue weighted by atomic mass is 35.5. The zero-order valence-electron chi connectivity index (χ0n) is 11.3.